The summed E-state index contributed by atoms with van der Waals surface area (Å²) in [6.07, 6.45) is 5.05. The van der Waals surface area contributed by atoms with Gasteiger partial charge in [-0.15, -0.1) is 0 Å². The number of nitrogens with one attached hydrogen (secondary N) is 1. The van der Waals surface area contributed by atoms with Crippen molar-refractivity contribution in [2.75, 3.05) is 12.8 Å². The van der Waals surface area contributed by atoms with Crippen LogP contribution in [0.2, 0.25) is 5.02 Å². The van der Waals surface area contributed by atoms with Crippen molar-refractivity contribution in [1.82, 2.24) is 4.72 Å². The highest BCUT2D eigenvalue weighted by atomic mass is 35.5. The minimum atomic E-state index is -3.77. The first-order valence-electron chi connectivity index (χ1n) is 6.56. The van der Waals surface area contributed by atoms with E-state index in [2.05, 4.69) is 4.72 Å². The van der Waals surface area contributed by atoms with E-state index in [0.717, 1.165) is 25.3 Å². The summed E-state index contributed by atoms with van der Waals surface area (Å²) in [5.41, 5.74) is 5.74. The molecule has 1 saturated carbocycles. The Hall–Kier alpha value is -0.340. The standard InChI is InChI=1S/C13H18ClFN2O2S2/c1-20-13(3-2-4-13)8-17-21(18,19)10-5-9(7-16)12(14)11(15)6-10/h5-6,17H,2-4,7-8,16H2,1H3. The average Bonchev–Trinajstić information content (AvgIpc) is 2.40. The second kappa shape index (κ2) is 6.42. The van der Waals surface area contributed by atoms with Gasteiger partial charge in [0.05, 0.1) is 9.92 Å². The minimum absolute atomic E-state index is 0.0200. The van der Waals surface area contributed by atoms with Crippen LogP contribution in [0, 0.1) is 5.82 Å². The molecule has 0 aliphatic heterocycles. The van der Waals surface area contributed by atoms with E-state index in [1.54, 1.807) is 11.8 Å². The summed E-state index contributed by atoms with van der Waals surface area (Å²) in [5, 5.41) is -0.129. The Labute approximate surface area is 133 Å². The molecule has 0 radical (unpaired) electrons. The van der Waals surface area contributed by atoms with Crippen molar-refractivity contribution in [3.05, 3.63) is 28.5 Å². The Morgan fingerprint density at radius 3 is 2.62 bits per heavy atom. The highest BCUT2D eigenvalue weighted by molar-refractivity contribution is 8.00. The van der Waals surface area contributed by atoms with Crippen LogP contribution >= 0.6 is 23.4 Å². The maximum Gasteiger partial charge on any atom is 0.240 e. The van der Waals surface area contributed by atoms with Gasteiger partial charge in [-0.3, -0.25) is 0 Å². The SMILES string of the molecule is CSC1(CNS(=O)(=O)c2cc(F)c(Cl)c(CN)c2)CCC1. The zero-order valence-electron chi connectivity index (χ0n) is 11.7. The molecule has 2 rings (SSSR count). The number of thioether (sulfide) groups is 1. The predicted octanol–water partition coefficient (Wildman–Crippen LogP) is 2.50. The van der Waals surface area contributed by atoms with E-state index in [9.17, 15) is 12.8 Å². The zero-order chi connectivity index (χ0) is 15.7. The lowest BCUT2D eigenvalue weighted by Crippen LogP contribution is -2.45. The monoisotopic (exact) mass is 352 g/mol. The van der Waals surface area contributed by atoms with Gasteiger partial charge in [-0.05, 0) is 36.8 Å². The van der Waals surface area contributed by atoms with Gasteiger partial charge < -0.3 is 5.73 Å². The van der Waals surface area contributed by atoms with Crippen molar-refractivity contribution in [1.29, 1.82) is 0 Å². The van der Waals surface area contributed by atoms with Crippen LogP contribution in [-0.2, 0) is 16.6 Å². The lowest BCUT2D eigenvalue weighted by atomic mass is 9.84. The number of hydrogen-bond donors (Lipinski definition) is 2. The van der Waals surface area contributed by atoms with Crippen molar-refractivity contribution in [2.24, 2.45) is 5.73 Å². The Kier molecular flexibility index (Phi) is 5.20. The van der Waals surface area contributed by atoms with Crippen LogP contribution in [0.1, 0.15) is 24.8 Å². The van der Waals surface area contributed by atoms with E-state index in [-0.39, 0.29) is 26.8 Å². The van der Waals surface area contributed by atoms with Crippen molar-refractivity contribution < 1.29 is 12.8 Å². The van der Waals surface area contributed by atoms with Gasteiger partial charge in [0.2, 0.25) is 10.0 Å². The predicted molar refractivity (Wildman–Crippen MR) is 84.6 cm³/mol. The molecule has 118 valence electrons. The van der Waals surface area contributed by atoms with Crippen LogP contribution in [-0.4, -0.2) is 26.0 Å². The van der Waals surface area contributed by atoms with Crippen molar-refractivity contribution >= 4 is 33.4 Å². The fraction of sp³-hybridized carbons (Fsp3) is 0.538. The molecule has 1 fully saturated rings. The van der Waals surface area contributed by atoms with E-state index in [0.29, 0.717) is 6.54 Å². The van der Waals surface area contributed by atoms with Gasteiger partial charge in [-0.25, -0.2) is 17.5 Å². The minimum Gasteiger partial charge on any atom is -0.326 e. The first-order chi connectivity index (χ1) is 9.83. The molecular formula is C13H18ClFN2O2S2. The van der Waals surface area contributed by atoms with Gasteiger partial charge in [0.15, 0.2) is 0 Å². The molecule has 0 aromatic heterocycles. The Morgan fingerprint density at radius 1 is 1.48 bits per heavy atom. The van der Waals surface area contributed by atoms with E-state index in [1.165, 1.54) is 6.07 Å². The highest BCUT2D eigenvalue weighted by Crippen LogP contribution is 2.42. The molecule has 0 spiro atoms. The van der Waals surface area contributed by atoms with E-state index >= 15 is 0 Å². The summed E-state index contributed by atoms with van der Waals surface area (Å²) < 4.78 is 40.8. The van der Waals surface area contributed by atoms with Crippen molar-refractivity contribution in [3.8, 4) is 0 Å². The summed E-state index contributed by atoms with van der Waals surface area (Å²) in [5.74, 6) is -0.775. The summed E-state index contributed by atoms with van der Waals surface area (Å²) in [6, 6.07) is 2.25. The largest absolute Gasteiger partial charge is 0.326 e. The second-order valence-corrected chi connectivity index (χ2v) is 8.57. The van der Waals surface area contributed by atoms with Gasteiger partial charge in [-0.1, -0.05) is 18.0 Å². The molecule has 3 N–H and O–H groups in total. The Balaban J connectivity index is 2.21. The van der Waals surface area contributed by atoms with Crippen LogP contribution in [0.5, 0.6) is 0 Å². The number of halogens is 2. The van der Waals surface area contributed by atoms with Crippen molar-refractivity contribution in [3.63, 3.8) is 0 Å². The van der Waals surface area contributed by atoms with E-state index < -0.39 is 15.8 Å². The first-order valence-corrected chi connectivity index (χ1v) is 9.65. The first kappa shape index (κ1) is 17.0. The average molecular weight is 353 g/mol. The molecule has 0 bridgehead atoms. The summed E-state index contributed by atoms with van der Waals surface area (Å²) in [6.45, 7) is 0.326. The second-order valence-electron chi connectivity index (χ2n) is 5.15. The molecule has 0 unspecified atom stereocenters. The van der Waals surface area contributed by atoms with Gasteiger partial charge >= 0.3 is 0 Å². The summed E-state index contributed by atoms with van der Waals surface area (Å²) >= 11 is 7.41. The third-order valence-corrected chi connectivity index (χ3v) is 7.11. The Morgan fingerprint density at radius 2 is 2.14 bits per heavy atom. The van der Waals surface area contributed by atoms with Gasteiger partial charge in [-0.2, -0.15) is 11.8 Å². The molecule has 4 nitrogen and oxygen atoms in total. The third-order valence-electron chi connectivity index (χ3n) is 3.89. The molecule has 0 atom stereocenters. The van der Waals surface area contributed by atoms with Crippen LogP contribution in [0.25, 0.3) is 0 Å². The van der Waals surface area contributed by atoms with Crippen LogP contribution in [0.15, 0.2) is 17.0 Å². The number of sulfonamides is 1. The summed E-state index contributed by atoms with van der Waals surface area (Å²) in [7, 11) is -3.77. The topological polar surface area (TPSA) is 72.2 Å². The molecule has 0 heterocycles. The molecule has 8 heteroatoms. The molecule has 21 heavy (non-hydrogen) atoms. The molecule has 1 aliphatic carbocycles. The molecular weight excluding hydrogens is 335 g/mol. The summed E-state index contributed by atoms with van der Waals surface area (Å²) in [4.78, 5) is -0.138. The number of rotatable bonds is 6. The highest BCUT2D eigenvalue weighted by Gasteiger charge is 2.37. The van der Waals surface area contributed by atoms with Crippen LogP contribution in [0.3, 0.4) is 0 Å². The maximum atomic E-state index is 13.7. The van der Waals surface area contributed by atoms with E-state index in [4.69, 9.17) is 17.3 Å². The van der Waals surface area contributed by atoms with Gasteiger partial charge in [0.25, 0.3) is 0 Å². The lowest BCUT2D eigenvalue weighted by molar-refractivity contribution is 0.362. The fourth-order valence-corrected chi connectivity index (χ4v) is 4.64. The Bertz CT molecular complexity index is 628. The molecule has 0 saturated heterocycles. The van der Waals surface area contributed by atoms with Crippen LogP contribution in [0.4, 0.5) is 4.39 Å². The third kappa shape index (κ3) is 3.53. The molecule has 0 amide bonds. The number of nitrogens with two attached hydrogens (primary N) is 1. The van der Waals surface area contributed by atoms with Crippen LogP contribution < -0.4 is 10.5 Å². The van der Waals surface area contributed by atoms with Gasteiger partial charge in [0, 0.05) is 17.8 Å². The maximum absolute atomic E-state index is 13.7. The number of benzene rings is 1. The van der Waals surface area contributed by atoms with Crippen molar-refractivity contribution in [2.45, 2.75) is 35.4 Å². The zero-order valence-corrected chi connectivity index (χ0v) is 14.0. The lowest BCUT2D eigenvalue weighted by Gasteiger charge is -2.40. The van der Waals surface area contributed by atoms with Gasteiger partial charge in [0.1, 0.15) is 5.82 Å². The normalized spacial score (nSPS) is 17.5. The van der Waals surface area contributed by atoms with E-state index in [1.807, 2.05) is 6.26 Å². The smallest absolute Gasteiger partial charge is 0.240 e. The fourth-order valence-electron chi connectivity index (χ4n) is 2.26. The molecule has 1 aromatic rings. The molecule has 1 aliphatic rings. The molecule has 1 aromatic carbocycles. The quantitative estimate of drug-likeness (QED) is 0.825. The number of hydrogen-bond acceptors (Lipinski definition) is 4.